The van der Waals surface area contributed by atoms with E-state index in [9.17, 15) is 0 Å². The maximum absolute atomic E-state index is 4.63. The van der Waals surface area contributed by atoms with Crippen molar-refractivity contribution in [2.24, 2.45) is 5.92 Å². The monoisotopic (exact) mass is 312 g/mol. The number of rotatable bonds is 3. The highest BCUT2D eigenvalue weighted by atomic mass is 79.9. The van der Waals surface area contributed by atoms with Crippen LogP contribution < -0.4 is 4.90 Å². The number of halogens is 1. The van der Waals surface area contributed by atoms with Gasteiger partial charge in [-0.1, -0.05) is 13.8 Å². The Balaban J connectivity index is 2.20. The van der Waals surface area contributed by atoms with Gasteiger partial charge in [-0.05, 0) is 35.9 Å². The van der Waals surface area contributed by atoms with E-state index >= 15 is 0 Å². The number of likely N-dealkylation sites (N-methyl/N-ethyl adjacent to an activating group) is 1. The van der Waals surface area contributed by atoms with Gasteiger partial charge in [-0.3, -0.25) is 0 Å². The first-order valence-corrected chi connectivity index (χ1v) is 7.25. The lowest BCUT2D eigenvalue weighted by atomic mass is 10.1. The molecule has 1 aromatic heterocycles. The van der Waals surface area contributed by atoms with Crippen molar-refractivity contribution in [3.8, 4) is 0 Å². The molecule has 0 aromatic carbocycles. The maximum atomic E-state index is 4.63. The fourth-order valence-electron chi connectivity index (χ4n) is 2.58. The minimum atomic E-state index is 0.601. The first-order valence-electron chi connectivity index (χ1n) is 6.46. The van der Waals surface area contributed by atoms with Crippen LogP contribution in [0.25, 0.3) is 0 Å². The van der Waals surface area contributed by atoms with E-state index in [4.69, 9.17) is 0 Å². The lowest BCUT2D eigenvalue weighted by molar-refractivity contribution is 0.266. The molecular formula is C13H21BrN4. The Bertz CT molecular complexity index is 421. The normalized spacial score (nSPS) is 24.0. The Labute approximate surface area is 118 Å². The Hall–Kier alpha value is -0.680. The summed E-state index contributed by atoms with van der Waals surface area (Å²) in [5.41, 5.74) is 0. The van der Waals surface area contributed by atoms with E-state index in [0.29, 0.717) is 12.0 Å². The molecule has 4 nitrogen and oxygen atoms in total. The summed E-state index contributed by atoms with van der Waals surface area (Å²) in [6.07, 6.45) is 0.868. The van der Waals surface area contributed by atoms with Gasteiger partial charge in [0.25, 0.3) is 0 Å². The second-order valence-electron chi connectivity index (χ2n) is 5.23. The van der Waals surface area contributed by atoms with E-state index in [1.165, 1.54) is 0 Å². The zero-order valence-corrected chi connectivity index (χ0v) is 13.1. The molecule has 1 aliphatic heterocycles. The molecule has 0 bridgehead atoms. The zero-order valence-electron chi connectivity index (χ0n) is 11.5. The van der Waals surface area contributed by atoms with Crippen LogP contribution in [-0.2, 0) is 6.42 Å². The van der Waals surface area contributed by atoms with Crippen molar-refractivity contribution >= 4 is 21.7 Å². The van der Waals surface area contributed by atoms with Crippen LogP contribution in [-0.4, -0.2) is 48.1 Å². The number of aromatic nitrogens is 2. The average molecular weight is 313 g/mol. The third kappa shape index (κ3) is 2.83. The molecular weight excluding hydrogens is 292 g/mol. The number of nitrogens with zero attached hydrogens (tertiary/aromatic N) is 4. The highest BCUT2D eigenvalue weighted by Gasteiger charge is 2.31. The molecule has 1 fully saturated rings. The largest absolute Gasteiger partial charge is 0.355 e. The van der Waals surface area contributed by atoms with E-state index in [-0.39, 0.29) is 0 Å². The van der Waals surface area contributed by atoms with Crippen LogP contribution in [0.5, 0.6) is 0 Å². The molecule has 0 N–H and O–H groups in total. The minimum absolute atomic E-state index is 0.601. The van der Waals surface area contributed by atoms with Gasteiger partial charge in [0.15, 0.2) is 0 Å². The van der Waals surface area contributed by atoms with E-state index in [1.54, 1.807) is 0 Å². The van der Waals surface area contributed by atoms with Crippen LogP contribution in [0.15, 0.2) is 10.7 Å². The van der Waals surface area contributed by atoms with Gasteiger partial charge in [0, 0.05) is 31.6 Å². The molecule has 0 radical (unpaired) electrons. The van der Waals surface area contributed by atoms with E-state index in [1.807, 2.05) is 6.07 Å². The second-order valence-corrected chi connectivity index (χ2v) is 6.04. The third-order valence-electron chi connectivity index (χ3n) is 3.60. The molecule has 0 spiro atoms. The highest BCUT2D eigenvalue weighted by molar-refractivity contribution is 9.10. The van der Waals surface area contributed by atoms with Gasteiger partial charge in [0.1, 0.15) is 16.2 Å². The molecule has 1 aromatic rings. The molecule has 0 amide bonds. The summed E-state index contributed by atoms with van der Waals surface area (Å²) in [5, 5.41) is 0. The number of aryl methyl sites for hydroxylation is 1. The third-order valence-corrected chi connectivity index (χ3v) is 4.01. The summed E-state index contributed by atoms with van der Waals surface area (Å²) in [6, 6.07) is 2.62. The van der Waals surface area contributed by atoms with Crippen molar-refractivity contribution in [1.82, 2.24) is 14.9 Å². The van der Waals surface area contributed by atoms with Crippen molar-refractivity contribution < 1.29 is 0 Å². The molecule has 2 rings (SSSR count). The number of anilines is 1. The lowest BCUT2D eigenvalue weighted by Gasteiger charge is -2.22. The fourth-order valence-corrected chi connectivity index (χ4v) is 2.99. The van der Waals surface area contributed by atoms with E-state index in [0.717, 1.165) is 35.8 Å². The summed E-state index contributed by atoms with van der Waals surface area (Å²) >= 11 is 3.47. The summed E-state index contributed by atoms with van der Waals surface area (Å²) in [7, 11) is 4.30. The van der Waals surface area contributed by atoms with Gasteiger partial charge in [-0.15, -0.1) is 0 Å². The van der Waals surface area contributed by atoms with E-state index in [2.05, 4.69) is 63.6 Å². The second kappa shape index (κ2) is 5.53. The Morgan fingerprint density at radius 3 is 2.67 bits per heavy atom. The van der Waals surface area contributed by atoms with E-state index < -0.39 is 0 Å². The molecule has 1 saturated heterocycles. The van der Waals surface area contributed by atoms with Crippen LogP contribution in [0.2, 0.25) is 0 Å². The summed E-state index contributed by atoms with van der Waals surface area (Å²) in [4.78, 5) is 13.7. The first kappa shape index (κ1) is 13.7. The Morgan fingerprint density at radius 1 is 1.39 bits per heavy atom. The van der Waals surface area contributed by atoms with Crippen molar-refractivity contribution in [2.45, 2.75) is 26.3 Å². The van der Waals surface area contributed by atoms with Gasteiger partial charge >= 0.3 is 0 Å². The average Bonchev–Trinajstić information content (AvgIpc) is 2.70. The van der Waals surface area contributed by atoms with Crippen LogP contribution >= 0.6 is 15.9 Å². The first-order chi connectivity index (χ1) is 8.51. The van der Waals surface area contributed by atoms with Crippen molar-refractivity contribution in [2.75, 3.05) is 32.1 Å². The molecule has 18 heavy (non-hydrogen) atoms. The Kier molecular flexibility index (Phi) is 4.22. The SMILES string of the molecule is CCc1nc(Br)cc(N2CC(C)C(N(C)C)C2)n1. The van der Waals surface area contributed by atoms with Crippen molar-refractivity contribution in [3.63, 3.8) is 0 Å². The van der Waals surface area contributed by atoms with Gasteiger partial charge in [0.05, 0.1) is 0 Å². The maximum Gasteiger partial charge on any atom is 0.133 e. The summed E-state index contributed by atoms with van der Waals surface area (Å²) in [6.45, 7) is 6.50. The molecule has 2 unspecified atom stereocenters. The smallest absolute Gasteiger partial charge is 0.133 e. The molecule has 2 atom stereocenters. The standard InChI is InChI=1S/C13H21BrN4/c1-5-12-15-11(14)6-13(16-12)18-7-9(2)10(8-18)17(3)4/h6,9-10H,5,7-8H2,1-4H3. The molecule has 0 saturated carbocycles. The van der Waals surface area contributed by atoms with Gasteiger partial charge in [0.2, 0.25) is 0 Å². The van der Waals surface area contributed by atoms with Crippen molar-refractivity contribution in [3.05, 3.63) is 16.5 Å². The summed E-state index contributed by atoms with van der Waals surface area (Å²) in [5.74, 6) is 2.61. The van der Waals surface area contributed by atoms with Gasteiger partial charge < -0.3 is 9.80 Å². The van der Waals surface area contributed by atoms with Crippen LogP contribution in [0, 0.1) is 5.92 Å². The topological polar surface area (TPSA) is 32.3 Å². The fraction of sp³-hybridized carbons (Fsp3) is 0.692. The molecule has 1 aliphatic rings. The zero-order chi connectivity index (χ0) is 13.3. The number of hydrogen-bond acceptors (Lipinski definition) is 4. The number of hydrogen-bond donors (Lipinski definition) is 0. The van der Waals surface area contributed by atoms with Crippen molar-refractivity contribution in [1.29, 1.82) is 0 Å². The van der Waals surface area contributed by atoms with Gasteiger partial charge in [-0.25, -0.2) is 9.97 Å². The summed E-state index contributed by atoms with van der Waals surface area (Å²) < 4.78 is 0.880. The lowest BCUT2D eigenvalue weighted by Crippen LogP contribution is -2.34. The quantitative estimate of drug-likeness (QED) is 0.801. The molecule has 100 valence electrons. The molecule has 2 heterocycles. The molecule has 5 heteroatoms. The highest BCUT2D eigenvalue weighted by Crippen LogP contribution is 2.26. The minimum Gasteiger partial charge on any atom is -0.355 e. The van der Waals surface area contributed by atoms with Crippen LogP contribution in [0.1, 0.15) is 19.7 Å². The van der Waals surface area contributed by atoms with Gasteiger partial charge in [-0.2, -0.15) is 0 Å². The van der Waals surface area contributed by atoms with Crippen LogP contribution in [0.4, 0.5) is 5.82 Å². The predicted octanol–water partition coefficient (Wildman–Crippen LogP) is 2.19. The predicted molar refractivity (Wildman–Crippen MR) is 78.0 cm³/mol. The Morgan fingerprint density at radius 2 is 2.11 bits per heavy atom. The molecule has 0 aliphatic carbocycles. The van der Waals surface area contributed by atoms with Crippen LogP contribution in [0.3, 0.4) is 0 Å².